The number of ether oxygens (including phenoxy) is 2. The van der Waals surface area contributed by atoms with Gasteiger partial charge in [-0.1, -0.05) is 48.0 Å². The number of aromatic nitrogens is 1. The van der Waals surface area contributed by atoms with E-state index in [1.807, 2.05) is 43.3 Å². The minimum absolute atomic E-state index is 0.0851. The fraction of sp³-hybridized carbons (Fsp3) is 0.250. The van der Waals surface area contributed by atoms with Crippen LogP contribution in [0.1, 0.15) is 27.9 Å². The van der Waals surface area contributed by atoms with Crippen LogP contribution in [0.15, 0.2) is 70.8 Å². The number of hydrogen-bond donors (Lipinski definition) is 1. The highest BCUT2D eigenvalue weighted by Gasteiger charge is 2.60. The molecule has 5 rings (SSSR count). The number of nitrogens with two attached hydrogens (primary N) is 1. The number of carbonyl (C=O) groups is 1. The second kappa shape index (κ2) is 8.70. The lowest BCUT2D eigenvalue weighted by Crippen LogP contribution is -2.50. The fourth-order valence-electron chi connectivity index (χ4n) is 5.21. The average molecular weight is 483 g/mol. The van der Waals surface area contributed by atoms with E-state index in [4.69, 9.17) is 15.2 Å². The van der Waals surface area contributed by atoms with Gasteiger partial charge in [-0.05, 0) is 25.5 Å². The van der Waals surface area contributed by atoms with Crippen molar-refractivity contribution in [2.75, 3.05) is 18.6 Å². The number of rotatable bonds is 5. The maximum atomic E-state index is 14.5. The molecule has 0 saturated heterocycles. The minimum Gasteiger partial charge on any atom is -0.440 e. The third kappa shape index (κ3) is 3.24. The highest BCUT2D eigenvalue weighted by atomic mass is 16.5. The predicted octanol–water partition coefficient (Wildman–Crippen LogP) is 3.03. The van der Waals surface area contributed by atoms with Gasteiger partial charge in [0.05, 0.1) is 18.7 Å². The Kier molecular flexibility index (Phi) is 5.65. The molecule has 2 N–H and O–H groups in total. The minimum atomic E-state index is -1.71. The SMILES string of the molecule is COCCn1c(C)cc2c(c1=O)C1(C(=O)N(Cc3ccc(C)cc3)c3ccccc31)C(C#N)=C(N)O2. The molecule has 8 nitrogen and oxygen atoms in total. The standard InChI is InChI=1S/C28H26N4O4/c1-17-8-10-19(11-9-17)16-32-22-7-5-4-6-20(22)28(27(32)34)21(15-29)25(30)36-23-14-18(2)31(12-13-35-3)26(33)24(23)28/h4-11,14H,12-13,16,30H2,1-3H3. The monoisotopic (exact) mass is 482 g/mol. The number of amides is 1. The largest absolute Gasteiger partial charge is 0.440 e. The summed E-state index contributed by atoms with van der Waals surface area (Å²) in [7, 11) is 1.56. The summed E-state index contributed by atoms with van der Waals surface area (Å²) in [6.45, 7) is 4.64. The molecule has 1 atom stereocenters. The summed E-state index contributed by atoms with van der Waals surface area (Å²) in [4.78, 5) is 30.1. The van der Waals surface area contributed by atoms with Crippen LogP contribution in [0, 0.1) is 25.2 Å². The van der Waals surface area contributed by atoms with Crippen LogP contribution in [0.3, 0.4) is 0 Å². The van der Waals surface area contributed by atoms with Gasteiger partial charge in [0.15, 0.2) is 5.41 Å². The molecule has 1 amide bonds. The molecule has 3 heterocycles. The van der Waals surface area contributed by atoms with E-state index in [9.17, 15) is 14.9 Å². The molecule has 1 unspecified atom stereocenters. The molecule has 0 fully saturated rings. The van der Waals surface area contributed by atoms with Gasteiger partial charge in [0.2, 0.25) is 11.8 Å². The van der Waals surface area contributed by atoms with Gasteiger partial charge in [0, 0.05) is 36.7 Å². The Morgan fingerprint density at radius 1 is 1.11 bits per heavy atom. The number of pyridine rings is 1. The van der Waals surface area contributed by atoms with Gasteiger partial charge in [-0.3, -0.25) is 9.59 Å². The first-order valence-electron chi connectivity index (χ1n) is 11.6. The number of nitrogens with zero attached hydrogens (tertiary/aromatic N) is 3. The van der Waals surface area contributed by atoms with Crippen molar-refractivity contribution in [3.63, 3.8) is 0 Å². The zero-order valence-corrected chi connectivity index (χ0v) is 20.4. The second-order valence-electron chi connectivity index (χ2n) is 9.07. The van der Waals surface area contributed by atoms with E-state index in [0.717, 1.165) is 11.1 Å². The van der Waals surface area contributed by atoms with E-state index >= 15 is 0 Å². The van der Waals surface area contributed by atoms with Crippen molar-refractivity contribution in [3.8, 4) is 11.8 Å². The first-order chi connectivity index (χ1) is 17.3. The summed E-state index contributed by atoms with van der Waals surface area (Å²) >= 11 is 0. The zero-order chi connectivity index (χ0) is 25.6. The normalized spacial score (nSPS) is 18.2. The number of carbonyl (C=O) groups excluding carboxylic acids is 1. The average Bonchev–Trinajstić information content (AvgIpc) is 3.09. The van der Waals surface area contributed by atoms with Crippen molar-refractivity contribution in [2.45, 2.75) is 32.4 Å². The molecular formula is C28H26N4O4. The summed E-state index contributed by atoms with van der Waals surface area (Å²) in [5.74, 6) is -0.408. The van der Waals surface area contributed by atoms with Gasteiger partial charge in [0.1, 0.15) is 17.4 Å². The van der Waals surface area contributed by atoms with Crippen LogP contribution >= 0.6 is 0 Å². The molecule has 0 bridgehead atoms. The van der Waals surface area contributed by atoms with E-state index in [1.165, 1.54) is 0 Å². The number of fused-ring (bicyclic) bond motifs is 4. The van der Waals surface area contributed by atoms with Crippen LogP contribution in [0.2, 0.25) is 0 Å². The van der Waals surface area contributed by atoms with Crippen LogP contribution in [-0.2, 0) is 28.0 Å². The van der Waals surface area contributed by atoms with Crippen LogP contribution < -0.4 is 20.9 Å². The summed E-state index contributed by atoms with van der Waals surface area (Å²) in [6, 6.07) is 18.9. The topological polar surface area (TPSA) is 111 Å². The molecule has 0 aliphatic carbocycles. The summed E-state index contributed by atoms with van der Waals surface area (Å²) < 4.78 is 12.5. The Labute approximate surface area is 208 Å². The van der Waals surface area contributed by atoms with Crippen LogP contribution in [-0.4, -0.2) is 24.2 Å². The van der Waals surface area contributed by atoms with Gasteiger partial charge < -0.3 is 24.7 Å². The lowest BCUT2D eigenvalue weighted by atomic mass is 9.69. The van der Waals surface area contributed by atoms with E-state index in [-0.39, 0.29) is 35.9 Å². The molecule has 182 valence electrons. The van der Waals surface area contributed by atoms with Crippen molar-refractivity contribution in [1.82, 2.24) is 4.57 Å². The molecular weight excluding hydrogens is 456 g/mol. The van der Waals surface area contributed by atoms with E-state index < -0.39 is 16.9 Å². The molecule has 3 aromatic rings. The summed E-state index contributed by atoms with van der Waals surface area (Å²) in [5.41, 5.74) is 7.95. The van der Waals surface area contributed by atoms with E-state index in [1.54, 1.807) is 41.7 Å². The Bertz CT molecular complexity index is 1510. The number of anilines is 1. The van der Waals surface area contributed by atoms with Gasteiger partial charge in [-0.2, -0.15) is 5.26 Å². The fourth-order valence-corrected chi connectivity index (χ4v) is 5.21. The second-order valence-corrected chi connectivity index (χ2v) is 9.07. The molecule has 2 aliphatic heterocycles. The molecule has 1 spiro atoms. The van der Waals surface area contributed by atoms with Crippen molar-refractivity contribution < 1.29 is 14.3 Å². The Morgan fingerprint density at radius 2 is 1.83 bits per heavy atom. The Balaban J connectivity index is 1.80. The Morgan fingerprint density at radius 3 is 2.53 bits per heavy atom. The van der Waals surface area contributed by atoms with Crippen molar-refractivity contribution in [2.24, 2.45) is 5.73 Å². The lowest BCUT2D eigenvalue weighted by molar-refractivity contribution is -0.121. The number of para-hydroxylation sites is 1. The maximum absolute atomic E-state index is 14.5. The van der Waals surface area contributed by atoms with Crippen LogP contribution in [0.25, 0.3) is 0 Å². The summed E-state index contributed by atoms with van der Waals surface area (Å²) in [5, 5.41) is 10.3. The van der Waals surface area contributed by atoms with Gasteiger partial charge in [0.25, 0.3) is 5.56 Å². The molecule has 2 aromatic carbocycles. The smallest absolute Gasteiger partial charge is 0.259 e. The number of nitriles is 1. The zero-order valence-electron chi connectivity index (χ0n) is 20.4. The van der Waals surface area contributed by atoms with E-state index in [2.05, 4.69) is 6.07 Å². The number of benzene rings is 2. The number of methoxy groups -OCH3 is 1. The quantitative estimate of drug-likeness (QED) is 0.599. The predicted molar refractivity (Wildman–Crippen MR) is 134 cm³/mol. The lowest BCUT2D eigenvalue weighted by Gasteiger charge is -2.34. The van der Waals surface area contributed by atoms with Gasteiger partial charge in [-0.15, -0.1) is 0 Å². The van der Waals surface area contributed by atoms with Gasteiger partial charge in [-0.25, -0.2) is 0 Å². The number of hydrogen-bond acceptors (Lipinski definition) is 6. The molecule has 36 heavy (non-hydrogen) atoms. The van der Waals surface area contributed by atoms with Gasteiger partial charge >= 0.3 is 0 Å². The first kappa shape index (κ1) is 23.4. The maximum Gasteiger partial charge on any atom is 0.259 e. The highest BCUT2D eigenvalue weighted by Crippen LogP contribution is 2.54. The highest BCUT2D eigenvalue weighted by molar-refractivity contribution is 6.14. The van der Waals surface area contributed by atoms with E-state index in [0.29, 0.717) is 23.6 Å². The van der Waals surface area contributed by atoms with Crippen molar-refractivity contribution in [3.05, 3.63) is 104 Å². The number of aryl methyl sites for hydroxylation is 2. The van der Waals surface area contributed by atoms with Crippen LogP contribution in [0.4, 0.5) is 5.69 Å². The van der Waals surface area contributed by atoms with Crippen molar-refractivity contribution >= 4 is 11.6 Å². The first-order valence-corrected chi connectivity index (χ1v) is 11.6. The van der Waals surface area contributed by atoms with Crippen molar-refractivity contribution in [1.29, 1.82) is 5.26 Å². The van der Waals surface area contributed by atoms with Crippen LogP contribution in [0.5, 0.6) is 5.75 Å². The molecule has 2 aliphatic rings. The summed E-state index contributed by atoms with van der Waals surface area (Å²) in [6.07, 6.45) is 0. The third-order valence-electron chi connectivity index (χ3n) is 6.94. The molecule has 0 saturated carbocycles. The molecule has 8 heteroatoms. The third-order valence-corrected chi connectivity index (χ3v) is 6.94. The molecule has 1 aromatic heterocycles. The Hall–Kier alpha value is -4.35. The molecule has 0 radical (unpaired) electrons.